The van der Waals surface area contributed by atoms with E-state index in [1.54, 1.807) is 7.11 Å². The summed E-state index contributed by atoms with van der Waals surface area (Å²) in [5.74, 6) is -0.299. The van der Waals surface area contributed by atoms with Crippen molar-refractivity contribution in [2.75, 3.05) is 23.1 Å². The Balaban J connectivity index is 1.70. The number of methoxy groups -OCH3 is 1. The zero-order valence-corrected chi connectivity index (χ0v) is 19.4. The summed E-state index contributed by atoms with van der Waals surface area (Å²) in [5, 5.41) is 2.32. The molecule has 1 N–H and O–H groups in total. The molecule has 1 aliphatic carbocycles. The molecule has 160 valence electrons. The van der Waals surface area contributed by atoms with Gasteiger partial charge in [-0.1, -0.05) is 5.57 Å². The van der Waals surface area contributed by atoms with Crippen LogP contribution in [0, 0.1) is 5.92 Å². The van der Waals surface area contributed by atoms with E-state index in [1.807, 2.05) is 4.93 Å². The van der Waals surface area contributed by atoms with Crippen molar-refractivity contribution < 1.29 is 49.7 Å². The predicted octanol–water partition coefficient (Wildman–Crippen LogP) is -0.966. The summed E-state index contributed by atoms with van der Waals surface area (Å²) in [6, 6.07) is 0. The average Bonchev–Trinajstić information content (AvgIpc) is 3.52. The molecule has 2 amide bonds. The van der Waals surface area contributed by atoms with Gasteiger partial charge < -0.3 is 0 Å². The van der Waals surface area contributed by atoms with Crippen LogP contribution in [-0.4, -0.2) is 64.6 Å². The monoisotopic (exact) mass is 508 g/mol. The van der Waals surface area contributed by atoms with Gasteiger partial charge in [-0.3, -0.25) is 0 Å². The first-order valence-corrected chi connectivity index (χ1v) is 13.4. The molecular weight excluding hydrogens is 477 g/mol. The Bertz CT molecular complexity index is 645. The Hall–Kier alpha value is -0.710. The van der Waals surface area contributed by atoms with Crippen LogP contribution in [0.4, 0.5) is 4.79 Å². The number of ether oxygens (including phenoxy) is 4. The zero-order chi connectivity index (χ0) is 20.5. The topological polar surface area (TPSA) is 89.7 Å². The van der Waals surface area contributed by atoms with Gasteiger partial charge in [-0.15, -0.1) is 0 Å². The molecule has 3 aliphatic rings. The SMILES string of the molecule is CO[C@H]1C([C@]2(C)OC2CC=C(C)C)C2(CC[C@H]1OC(=O)NC(=O)C[I-]C)CO2. The Morgan fingerprint density at radius 1 is 1.36 bits per heavy atom. The normalized spacial score (nSPS) is 38.8. The molecule has 0 radical (unpaired) electrons. The second-order valence-corrected chi connectivity index (χ2v) is 10.6. The first-order chi connectivity index (χ1) is 13.3. The van der Waals surface area contributed by atoms with E-state index in [0.29, 0.717) is 17.5 Å². The molecule has 3 fully saturated rings. The van der Waals surface area contributed by atoms with Gasteiger partial charge >= 0.3 is 158 Å². The van der Waals surface area contributed by atoms with E-state index in [2.05, 4.69) is 32.2 Å². The molecule has 28 heavy (non-hydrogen) atoms. The van der Waals surface area contributed by atoms with E-state index >= 15 is 0 Å². The molecule has 0 aromatic heterocycles. The van der Waals surface area contributed by atoms with Gasteiger partial charge in [0.25, 0.3) is 0 Å². The van der Waals surface area contributed by atoms with Gasteiger partial charge in [0.2, 0.25) is 0 Å². The summed E-state index contributed by atoms with van der Waals surface area (Å²) in [4.78, 5) is 25.9. The van der Waals surface area contributed by atoms with Gasteiger partial charge in [0.15, 0.2) is 0 Å². The number of alkyl carbamates (subject to hydrolysis) is 1. The molecule has 0 aromatic rings. The summed E-state index contributed by atoms with van der Waals surface area (Å²) >= 11 is -0.214. The fourth-order valence-corrected chi connectivity index (χ4v) is 5.39. The van der Waals surface area contributed by atoms with Crippen molar-refractivity contribution in [2.45, 2.75) is 69.5 Å². The molecule has 2 aliphatic heterocycles. The second-order valence-electron chi connectivity index (χ2n) is 8.27. The number of hydrogen-bond acceptors (Lipinski definition) is 6. The molecule has 8 heteroatoms. The van der Waals surface area contributed by atoms with Crippen molar-refractivity contribution in [3.63, 3.8) is 0 Å². The van der Waals surface area contributed by atoms with Crippen molar-refractivity contribution in [3.8, 4) is 0 Å². The van der Waals surface area contributed by atoms with Gasteiger partial charge in [0, 0.05) is 0 Å². The zero-order valence-electron chi connectivity index (χ0n) is 17.2. The number of epoxide rings is 2. The van der Waals surface area contributed by atoms with Crippen molar-refractivity contribution in [2.24, 2.45) is 5.92 Å². The van der Waals surface area contributed by atoms with E-state index in [1.165, 1.54) is 5.57 Å². The third-order valence-corrected chi connectivity index (χ3v) is 7.45. The molecule has 6 atom stereocenters. The van der Waals surface area contributed by atoms with Crippen LogP contribution in [-0.2, 0) is 23.7 Å². The molecule has 1 spiro atoms. The number of carbonyl (C=O) groups excluding carboxylic acids is 2. The van der Waals surface area contributed by atoms with Gasteiger partial charge in [-0.2, -0.15) is 0 Å². The number of carbonyl (C=O) groups is 2. The first kappa shape index (κ1) is 22.0. The summed E-state index contributed by atoms with van der Waals surface area (Å²) in [6.45, 7) is 6.94. The van der Waals surface area contributed by atoms with Crippen molar-refractivity contribution in [1.82, 2.24) is 5.32 Å². The average molecular weight is 508 g/mol. The van der Waals surface area contributed by atoms with E-state index < -0.39 is 12.2 Å². The molecular formula is C20H31INO6-. The van der Waals surface area contributed by atoms with Gasteiger partial charge in [-0.25, -0.2) is 0 Å². The van der Waals surface area contributed by atoms with Crippen LogP contribution in [0.5, 0.6) is 0 Å². The Morgan fingerprint density at radius 2 is 2.07 bits per heavy atom. The first-order valence-electron chi connectivity index (χ1n) is 9.68. The maximum absolute atomic E-state index is 12.2. The quantitative estimate of drug-likeness (QED) is 0.206. The molecule has 2 saturated heterocycles. The third kappa shape index (κ3) is 4.55. The summed E-state index contributed by atoms with van der Waals surface area (Å²) in [6.07, 6.45) is 3.12. The Labute approximate surface area is 177 Å². The fraction of sp³-hybridized carbons (Fsp3) is 0.800. The maximum atomic E-state index is 12.2. The van der Waals surface area contributed by atoms with Crippen LogP contribution >= 0.6 is 0 Å². The van der Waals surface area contributed by atoms with E-state index in [9.17, 15) is 9.59 Å². The van der Waals surface area contributed by atoms with Crippen LogP contribution in [0.1, 0.15) is 40.0 Å². The van der Waals surface area contributed by atoms with Crippen molar-refractivity contribution in [1.29, 1.82) is 0 Å². The van der Waals surface area contributed by atoms with Crippen LogP contribution in [0.15, 0.2) is 11.6 Å². The van der Waals surface area contributed by atoms with Crippen molar-refractivity contribution in [3.05, 3.63) is 11.6 Å². The number of allylic oxidation sites excluding steroid dienone is 1. The minimum absolute atomic E-state index is 0.0238. The summed E-state index contributed by atoms with van der Waals surface area (Å²) < 4.78 is 23.9. The van der Waals surface area contributed by atoms with E-state index in [-0.39, 0.29) is 56.4 Å². The number of halogens is 1. The standard InChI is InChI=1S/C20H31INO6/c1-12(2)6-7-14-19(3,28-14)17-16(25-5)13(8-9-20(17)11-26-20)27-18(24)22-15(23)10-21-4/h6,13-14,16-17H,7-11H2,1-5H3,(H,22,23,24)/q-1/t13-,14?,16-,17?,19-,20?/m1/s1. The predicted molar refractivity (Wildman–Crippen MR) is 98.7 cm³/mol. The van der Waals surface area contributed by atoms with Gasteiger partial charge in [0.1, 0.15) is 0 Å². The minimum atomic E-state index is -0.691. The number of alkyl halides is 2. The number of imide groups is 1. The fourth-order valence-electron chi connectivity index (χ4n) is 4.51. The number of hydrogen-bond donors (Lipinski definition) is 1. The molecule has 3 unspecified atom stereocenters. The Morgan fingerprint density at radius 3 is 2.64 bits per heavy atom. The molecule has 0 bridgehead atoms. The van der Waals surface area contributed by atoms with Crippen LogP contribution in [0.3, 0.4) is 0 Å². The van der Waals surface area contributed by atoms with Gasteiger partial charge in [-0.05, 0) is 13.8 Å². The number of rotatable bonds is 7. The van der Waals surface area contributed by atoms with E-state index in [4.69, 9.17) is 18.9 Å². The number of nitrogens with one attached hydrogen (secondary N) is 1. The molecule has 3 rings (SSSR count). The second kappa shape index (κ2) is 8.57. The van der Waals surface area contributed by atoms with Gasteiger partial charge in [0.05, 0.1) is 0 Å². The van der Waals surface area contributed by atoms with Crippen molar-refractivity contribution >= 4 is 12.0 Å². The molecule has 7 nitrogen and oxygen atoms in total. The Kier molecular flexibility index (Phi) is 6.73. The van der Waals surface area contributed by atoms with E-state index in [0.717, 1.165) is 12.8 Å². The summed E-state index contributed by atoms with van der Waals surface area (Å²) in [7, 11) is 1.64. The van der Waals surface area contributed by atoms with Crippen LogP contribution < -0.4 is 26.5 Å². The number of amides is 2. The molecule has 1 saturated carbocycles. The molecule has 0 aromatic carbocycles. The van der Waals surface area contributed by atoms with Crippen LogP contribution in [0.25, 0.3) is 0 Å². The molecule has 2 heterocycles. The van der Waals surface area contributed by atoms with Crippen LogP contribution in [0.2, 0.25) is 0 Å². The third-order valence-electron chi connectivity index (χ3n) is 5.99. The summed E-state index contributed by atoms with van der Waals surface area (Å²) in [5.41, 5.74) is 0.636.